The summed E-state index contributed by atoms with van der Waals surface area (Å²) >= 11 is 0. The van der Waals surface area contributed by atoms with E-state index in [4.69, 9.17) is 15.4 Å². The molecule has 0 aliphatic rings. The average Bonchev–Trinajstić information content (AvgIpc) is 3.69. The number of nitrogens with zero attached hydrogens (tertiary/aromatic N) is 3. The summed E-state index contributed by atoms with van der Waals surface area (Å²) in [7, 11) is -5.89. The van der Waals surface area contributed by atoms with E-state index >= 15 is 0 Å². The van der Waals surface area contributed by atoms with E-state index in [0.29, 0.717) is 27.9 Å². The minimum Gasteiger partial charge on any atom is -0.499 e. The Kier molecular flexibility index (Phi) is 11.0. The van der Waals surface area contributed by atoms with Gasteiger partial charge in [-0.15, -0.1) is 54.1 Å². The summed E-state index contributed by atoms with van der Waals surface area (Å²) in [6.07, 6.45) is 1.37. The van der Waals surface area contributed by atoms with Crippen LogP contribution in [0.1, 0.15) is 54.0 Å². The van der Waals surface area contributed by atoms with E-state index in [1.54, 1.807) is 18.3 Å². The summed E-state index contributed by atoms with van der Waals surface area (Å²) < 4.78 is 71.0. The number of hydrogen-bond donors (Lipinski definition) is 0. The molecule has 3 aromatic heterocycles. The van der Waals surface area contributed by atoms with Crippen molar-refractivity contribution in [3.05, 3.63) is 162 Å². The molecule has 0 saturated carbocycles. The minimum atomic E-state index is -2.79. The van der Waals surface area contributed by atoms with Gasteiger partial charge in [0.1, 0.15) is 19.7 Å². The quantitative estimate of drug-likeness (QED) is 0.0864. The molecule has 0 saturated heterocycles. The topological polar surface area (TPSA) is 62.7 Å². The molecule has 8 aromatic rings. The van der Waals surface area contributed by atoms with E-state index in [-0.39, 0.29) is 36.9 Å². The molecular weight excluding hydrogens is 995 g/mol. The van der Waals surface area contributed by atoms with Crippen molar-refractivity contribution in [1.82, 2.24) is 9.97 Å². The van der Waals surface area contributed by atoms with Gasteiger partial charge < -0.3 is 14.4 Å². The van der Waals surface area contributed by atoms with Crippen molar-refractivity contribution in [3.63, 3.8) is 0 Å². The van der Waals surface area contributed by atoms with Crippen LogP contribution in [0.25, 0.3) is 44.5 Å². The first-order valence-corrected chi connectivity index (χ1v) is 30.5. The van der Waals surface area contributed by atoms with Crippen LogP contribution >= 0.6 is 0 Å². The molecule has 0 amide bonds. The molecule has 63 heavy (non-hydrogen) atoms. The fourth-order valence-corrected chi connectivity index (χ4v) is 13.9. The van der Waals surface area contributed by atoms with Crippen LogP contribution in [0.5, 0.6) is 0 Å². The van der Waals surface area contributed by atoms with Crippen LogP contribution in [0, 0.1) is 42.6 Å². The van der Waals surface area contributed by atoms with E-state index < -0.39 is 49.7 Å². The summed E-state index contributed by atoms with van der Waals surface area (Å²) in [6, 6.07) is 46.9. The summed E-state index contributed by atoms with van der Waals surface area (Å²) in [6.45, 7) is 16.7. The van der Waals surface area contributed by atoms with Gasteiger partial charge in [-0.1, -0.05) is 172 Å². The average molecular weight is 1060 g/mol. The largest absolute Gasteiger partial charge is 0.499 e. The van der Waals surface area contributed by atoms with Crippen molar-refractivity contribution in [2.75, 3.05) is 0 Å². The van der Waals surface area contributed by atoms with Gasteiger partial charge in [-0.05, 0) is 64.1 Å². The van der Waals surface area contributed by atoms with Crippen molar-refractivity contribution in [1.29, 1.82) is 5.26 Å². The van der Waals surface area contributed by atoms with Gasteiger partial charge in [-0.3, -0.25) is 0 Å². The van der Waals surface area contributed by atoms with Gasteiger partial charge in [0.2, 0.25) is 0 Å². The second kappa shape index (κ2) is 18.6. The molecule has 323 valence electrons. The number of nitriles is 1. The first-order valence-electron chi connectivity index (χ1n) is 25.0. The number of rotatable bonds is 8. The van der Waals surface area contributed by atoms with Crippen LogP contribution in [0.3, 0.4) is 0 Å². The molecule has 0 bridgehead atoms. The normalized spacial score (nSPS) is 14.6. The molecular formula is C55H59IrN3OSi3-2. The fraction of sp³-hybridized carbons (Fsp3) is 0.255. The Balaban J connectivity index is 0.000000346. The van der Waals surface area contributed by atoms with Gasteiger partial charge in [-0.2, -0.15) is 5.26 Å². The van der Waals surface area contributed by atoms with E-state index in [0.717, 1.165) is 33.4 Å². The van der Waals surface area contributed by atoms with Crippen molar-refractivity contribution in [2.45, 2.75) is 86.7 Å². The van der Waals surface area contributed by atoms with Crippen LogP contribution in [0.4, 0.5) is 0 Å². The predicted molar refractivity (Wildman–Crippen MR) is 271 cm³/mol. The number of hydrogen-bond acceptors (Lipinski definition) is 4. The van der Waals surface area contributed by atoms with Crippen molar-refractivity contribution < 1.29 is 35.5 Å². The third-order valence-corrected chi connectivity index (χ3v) is 19.9. The number of fused-ring (bicyclic) bond motifs is 3. The van der Waals surface area contributed by atoms with Gasteiger partial charge in [-0.25, -0.2) is 0 Å². The Morgan fingerprint density at radius 1 is 0.683 bits per heavy atom. The Hall–Kier alpha value is -5.01. The molecule has 0 spiro atoms. The monoisotopic (exact) mass is 1060 g/mol. The number of aryl methyl sites for hydroxylation is 2. The molecule has 3 heterocycles. The molecule has 8 rings (SSSR count). The second-order valence-corrected chi connectivity index (χ2v) is 33.2. The fourth-order valence-electron chi connectivity index (χ4n) is 7.84. The first-order chi connectivity index (χ1) is 32.5. The Labute approximate surface area is 403 Å². The number of aromatic nitrogens is 2. The zero-order chi connectivity index (χ0) is 51.4. The summed E-state index contributed by atoms with van der Waals surface area (Å²) in [5.74, 6) is 0. The molecule has 0 N–H and O–H groups in total. The summed E-state index contributed by atoms with van der Waals surface area (Å²) in [5, 5.41) is 18.4. The van der Waals surface area contributed by atoms with Gasteiger partial charge in [0.25, 0.3) is 0 Å². The van der Waals surface area contributed by atoms with E-state index in [9.17, 15) is 5.26 Å². The van der Waals surface area contributed by atoms with Gasteiger partial charge >= 0.3 is 0 Å². The predicted octanol–water partition coefficient (Wildman–Crippen LogP) is 11.3. The standard InChI is InChI=1S/C39H41N2OSi3.C16H18N.Ir/c1-26-23-36(41-25-27(26)2)34-12-10-11-32-33-21-22-37(35(24-40)39(33)42-38(32)34)45(9,30-17-13-28(14-18-30)43(3,4)5)31-19-15-29(16-20-31)44(6,7)8;1-16(2,3)12-13-9-10-17-15(11-13)14-7-5-4-6-8-14;/h10-11,13-23,25H,1-9H3;4-7,9-11H,12H2,1-3H3;/q2*-1;/i1D3,2D3;12D2;. The maximum atomic E-state index is 10.9. The molecule has 1 radical (unpaired) electrons. The number of pyridine rings is 2. The van der Waals surface area contributed by atoms with E-state index in [1.807, 2.05) is 63.2 Å². The first kappa shape index (κ1) is 37.4. The third-order valence-electron chi connectivity index (χ3n) is 11.3. The molecule has 0 aliphatic heterocycles. The minimum absolute atomic E-state index is 0. The molecule has 0 aliphatic carbocycles. The molecule has 5 aromatic carbocycles. The van der Waals surface area contributed by atoms with E-state index in [1.165, 1.54) is 26.8 Å². The van der Waals surface area contributed by atoms with Crippen molar-refractivity contribution in [3.8, 4) is 28.6 Å². The molecule has 0 fully saturated rings. The SMILES string of the molecule is [2H]C([2H])([2H])c1cnc(-c2[c-]ccc3c2oc2c(C#N)c([Si](C)(c4ccc([Si](C)(C)C)cc4)c4ccc([Si](C)(C)C)cc4)ccc23)cc1C([2H])([2H])[2H].[2H]C([2H])(c1ccnc(-c2[c-]cccc2)c1)C(C)(C)C.[Ir]. The van der Waals surface area contributed by atoms with Crippen LogP contribution in [0.2, 0.25) is 45.8 Å². The van der Waals surface area contributed by atoms with Crippen LogP contribution in [-0.2, 0) is 26.5 Å². The third kappa shape index (κ3) is 10.2. The smallest absolute Gasteiger partial charge is 0.147 e. The van der Waals surface area contributed by atoms with Crippen molar-refractivity contribution >= 4 is 72.1 Å². The van der Waals surface area contributed by atoms with Gasteiger partial charge in [0.15, 0.2) is 0 Å². The number of benzene rings is 5. The summed E-state index contributed by atoms with van der Waals surface area (Å²) in [4.78, 5) is 8.69. The second-order valence-electron chi connectivity index (χ2n) is 19.1. The maximum Gasteiger partial charge on any atom is 0.147 e. The van der Waals surface area contributed by atoms with Crippen LogP contribution < -0.4 is 25.9 Å². The Morgan fingerprint density at radius 3 is 1.86 bits per heavy atom. The van der Waals surface area contributed by atoms with Crippen LogP contribution in [0.15, 0.2) is 132 Å². The van der Waals surface area contributed by atoms with Crippen LogP contribution in [-0.4, -0.2) is 34.2 Å². The Bertz CT molecular complexity index is 3180. The number of furan rings is 1. The van der Waals surface area contributed by atoms with Gasteiger partial charge in [0, 0.05) is 48.9 Å². The molecule has 0 atom stereocenters. The zero-order valence-electron chi connectivity index (χ0n) is 45.7. The molecule has 8 heteroatoms. The van der Waals surface area contributed by atoms with Crippen molar-refractivity contribution in [2.24, 2.45) is 5.41 Å². The molecule has 0 unspecified atom stereocenters. The van der Waals surface area contributed by atoms with Gasteiger partial charge in [0.05, 0.1) is 27.3 Å². The zero-order valence-corrected chi connectivity index (χ0v) is 43.1. The maximum absolute atomic E-state index is 10.9. The summed E-state index contributed by atoms with van der Waals surface area (Å²) in [5.41, 5.74) is 3.12. The van der Waals surface area contributed by atoms with E-state index in [2.05, 4.69) is 129 Å². The molecule has 4 nitrogen and oxygen atoms in total. The Morgan fingerprint density at radius 2 is 1.30 bits per heavy atom.